The summed E-state index contributed by atoms with van der Waals surface area (Å²) in [7, 11) is 1.53. The number of benzene rings is 1. The Morgan fingerprint density at radius 2 is 2.00 bits per heavy atom. The van der Waals surface area contributed by atoms with Crippen molar-refractivity contribution in [3.05, 3.63) is 35.9 Å². The highest BCUT2D eigenvalue weighted by Crippen LogP contribution is 2.54. The zero-order chi connectivity index (χ0) is 11.8. The lowest BCUT2D eigenvalue weighted by Gasteiger charge is -2.11. The number of hydrogen-bond acceptors (Lipinski definition) is 2. The highest BCUT2D eigenvalue weighted by atomic mass is 16.4. The molecule has 2 N–H and O–H groups in total. The molecule has 1 aromatic carbocycles. The minimum Gasteiger partial charge on any atom is -0.481 e. The first-order valence-corrected chi connectivity index (χ1v) is 5.13. The second kappa shape index (κ2) is 3.63. The topological polar surface area (TPSA) is 66.4 Å². The van der Waals surface area contributed by atoms with Gasteiger partial charge in [0.1, 0.15) is 5.41 Å². The molecule has 84 valence electrons. The van der Waals surface area contributed by atoms with E-state index in [1.165, 1.54) is 7.05 Å². The van der Waals surface area contributed by atoms with Gasteiger partial charge in [-0.2, -0.15) is 0 Å². The van der Waals surface area contributed by atoms with E-state index < -0.39 is 17.3 Å². The van der Waals surface area contributed by atoms with Crippen molar-refractivity contribution < 1.29 is 14.7 Å². The SMILES string of the molecule is CNC(=O)[C@@H]1C[C@@]1(C(=O)O)c1ccccc1. The average Bonchev–Trinajstić information content (AvgIpc) is 3.06. The van der Waals surface area contributed by atoms with Crippen molar-refractivity contribution in [3.63, 3.8) is 0 Å². The summed E-state index contributed by atoms with van der Waals surface area (Å²) in [5.41, 5.74) is -0.308. The van der Waals surface area contributed by atoms with Gasteiger partial charge in [-0.15, -0.1) is 0 Å². The van der Waals surface area contributed by atoms with E-state index in [-0.39, 0.29) is 5.91 Å². The molecule has 0 aromatic heterocycles. The minimum absolute atomic E-state index is 0.203. The van der Waals surface area contributed by atoms with Crippen molar-refractivity contribution in [2.24, 2.45) is 5.92 Å². The van der Waals surface area contributed by atoms with Gasteiger partial charge in [-0.3, -0.25) is 9.59 Å². The number of carbonyl (C=O) groups is 2. The summed E-state index contributed by atoms with van der Waals surface area (Å²) < 4.78 is 0. The lowest BCUT2D eigenvalue weighted by atomic mass is 9.93. The normalized spacial score (nSPS) is 27.2. The summed E-state index contributed by atoms with van der Waals surface area (Å²) in [5, 5.41) is 11.8. The largest absolute Gasteiger partial charge is 0.481 e. The maximum atomic E-state index is 11.5. The summed E-state index contributed by atoms with van der Waals surface area (Å²) >= 11 is 0. The second-order valence-electron chi connectivity index (χ2n) is 4.01. The molecule has 0 saturated heterocycles. The van der Waals surface area contributed by atoms with Crippen molar-refractivity contribution in [2.75, 3.05) is 7.05 Å². The van der Waals surface area contributed by atoms with Gasteiger partial charge in [-0.05, 0) is 12.0 Å². The van der Waals surface area contributed by atoms with E-state index in [1.807, 2.05) is 6.07 Å². The lowest BCUT2D eigenvalue weighted by molar-refractivity contribution is -0.141. The molecular weight excluding hydrogens is 206 g/mol. The predicted molar refractivity (Wildman–Crippen MR) is 57.9 cm³/mol. The molecule has 4 nitrogen and oxygen atoms in total. The molecule has 0 aliphatic heterocycles. The quantitative estimate of drug-likeness (QED) is 0.789. The first kappa shape index (κ1) is 10.7. The van der Waals surface area contributed by atoms with Crippen LogP contribution in [0.3, 0.4) is 0 Å². The third kappa shape index (κ3) is 1.38. The Morgan fingerprint density at radius 3 is 2.50 bits per heavy atom. The summed E-state index contributed by atoms with van der Waals surface area (Å²) in [6.45, 7) is 0. The molecule has 0 spiro atoms. The Labute approximate surface area is 93.3 Å². The van der Waals surface area contributed by atoms with Gasteiger partial charge in [-0.25, -0.2) is 0 Å². The van der Waals surface area contributed by atoms with Crippen LogP contribution in [0.2, 0.25) is 0 Å². The van der Waals surface area contributed by atoms with Crippen molar-refractivity contribution in [3.8, 4) is 0 Å². The van der Waals surface area contributed by atoms with E-state index in [9.17, 15) is 14.7 Å². The van der Waals surface area contributed by atoms with E-state index in [1.54, 1.807) is 24.3 Å². The monoisotopic (exact) mass is 219 g/mol. The zero-order valence-electron chi connectivity index (χ0n) is 8.93. The van der Waals surface area contributed by atoms with E-state index in [0.717, 1.165) is 0 Å². The summed E-state index contributed by atoms with van der Waals surface area (Å²) in [4.78, 5) is 22.8. The number of hydrogen-bond donors (Lipinski definition) is 2. The van der Waals surface area contributed by atoms with Gasteiger partial charge in [-0.1, -0.05) is 30.3 Å². The fourth-order valence-electron chi connectivity index (χ4n) is 2.17. The van der Waals surface area contributed by atoms with Crippen LogP contribution in [-0.4, -0.2) is 24.0 Å². The standard InChI is InChI=1S/C12H13NO3/c1-13-10(14)9-7-12(9,11(15)16)8-5-3-2-4-6-8/h2-6,9H,7H2,1H3,(H,13,14)(H,15,16)/t9-,12+/m0/s1. The Kier molecular flexibility index (Phi) is 2.42. The van der Waals surface area contributed by atoms with Crippen LogP contribution >= 0.6 is 0 Å². The predicted octanol–water partition coefficient (Wildman–Crippen LogP) is 0.775. The minimum atomic E-state index is -1.01. The molecule has 16 heavy (non-hydrogen) atoms. The molecule has 4 heteroatoms. The maximum absolute atomic E-state index is 11.5. The van der Waals surface area contributed by atoms with Gasteiger partial charge in [0.15, 0.2) is 0 Å². The number of aliphatic carboxylic acids is 1. The Hall–Kier alpha value is -1.84. The van der Waals surface area contributed by atoms with Crippen molar-refractivity contribution in [1.82, 2.24) is 5.32 Å². The van der Waals surface area contributed by atoms with Crippen LogP contribution in [0.15, 0.2) is 30.3 Å². The smallest absolute Gasteiger partial charge is 0.314 e. The molecule has 0 heterocycles. The molecule has 1 aromatic rings. The number of nitrogens with one attached hydrogen (secondary N) is 1. The molecule has 1 amide bonds. The van der Waals surface area contributed by atoms with Gasteiger partial charge < -0.3 is 10.4 Å². The van der Waals surface area contributed by atoms with Crippen LogP contribution in [0.1, 0.15) is 12.0 Å². The summed E-state index contributed by atoms with van der Waals surface area (Å²) in [6.07, 6.45) is 0.381. The van der Waals surface area contributed by atoms with Crippen LogP contribution in [0.5, 0.6) is 0 Å². The van der Waals surface area contributed by atoms with Gasteiger partial charge >= 0.3 is 5.97 Å². The molecule has 0 bridgehead atoms. The first-order chi connectivity index (χ1) is 7.63. The first-order valence-electron chi connectivity index (χ1n) is 5.13. The Morgan fingerprint density at radius 1 is 1.38 bits per heavy atom. The molecule has 2 atom stereocenters. The Bertz CT molecular complexity index is 429. The lowest BCUT2D eigenvalue weighted by Crippen LogP contribution is -2.30. The molecule has 1 saturated carbocycles. The van der Waals surface area contributed by atoms with Crippen LogP contribution in [0.25, 0.3) is 0 Å². The van der Waals surface area contributed by atoms with E-state index in [4.69, 9.17) is 0 Å². The number of carboxylic acid groups (broad SMARTS) is 1. The van der Waals surface area contributed by atoms with Crippen molar-refractivity contribution in [2.45, 2.75) is 11.8 Å². The number of carboxylic acids is 1. The van der Waals surface area contributed by atoms with E-state index in [0.29, 0.717) is 12.0 Å². The van der Waals surface area contributed by atoms with Crippen LogP contribution in [0, 0.1) is 5.92 Å². The zero-order valence-corrected chi connectivity index (χ0v) is 8.93. The molecule has 0 radical (unpaired) electrons. The van der Waals surface area contributed by atoms with Gasteiger partial charge in [0.2, 0.25) is 5.91 Å². The van der Waals surface area contributed by atoms with Crippen LogP contribution < -0.4 is 5.32 Å². The molecule has 1 fully saturated rings. The fourth-order valence-corrected chi connectivity index (χ4v) is 2.17. The molecular formula is C12H13NO3. The van der Waals surface area contributed by atoms with Gasteiger partial charge in [0.05, 0.1) is 5.92 Å². The summed E-state index contributed by atoms with van der Waals surface area (Å²) in [6, 6.07) is 8.93. The second-order valence-corrected chi connectivity index (χ2v) is 4.01. The number of carbonyl (C=O) groups excluding carboxylic acids is 1. The van der Waals surface area contributed by atoms with Crippen molar-refractivity contribution in [1.29, 1.82) is 0 Å². The molecule has 1 aliphatic carbocycles. The van der Waals surface area contributed by atoms with E-state index >= 15 is 0 Å². The van der Waals surface area contributed by atoms with Gasteiger partial charge in [0, 0.05) is 7.05 Å². The fraction of sp³-hybridized carbons (Fsp3) is 0.333. The van der Waals surface area contributed by atoms with Crippen LogP contribution in [-0.2, 0) is 15.0 Å². The number of amides is 1. The third-order valence-electron chi connectivity index (χ3n) is 3.19. The highest BCUT2D eigenvalue weighted by molar-refractivity contribution is 5.97. The third-order valence-corrected chi connectivity index (χ3v) is 3.19. The number of rotatable bonds is 3. The molecule has 2 rings (SSSR count). The molecule has 0 unspecified atom stereocenters. The van der Waals surface area contributed by atoms with Crippen molar-refractivity contribution >= 4 is 11.9 Å². The molecule has 1 aliphatic rings. The maximum Gasteiger partial charge on any atom is 0.314 e. The van der Waals surface area contributed by atoms with E-state index in [2.05, 4.69) is 5.32 Å². The highest BCUT2D eigenvalue weighted by Gasteiger charge is 2.64. The Balaban J connectivity index is 2.35. The average molecular weight is 219 g/mol. The van der Waals surface area contributed by atoms with Gasteiger partial charge in [0.25, 0.3) is 0 Å². The van der Waals surface area contributed by atoms with Crippen LogP contribution in [0.4, 0.5) is 0 Å². The summed E-state index contributed by atoms with van der Waals surface area (Å²) in [5.74, 6) is -1.57.